The van der Waals surface area contributed by atoms with Gasteiger partial charge >= 0.3 is 0 Å². The summed E-state index contributed by atoms with van der Waals surface area (Å²) in [5.74, 6) is 0.351. The monoisotopic (exact) mass is 366 g/mol. The van der Waals surface area contributed by atoms with E-state index in [9.17, 15) is 9.59 Å². The molecule has 0 bridgehead atoms. The zero-order valence-electron chi connectivity index (χ0n) is 16.3. The van der Waals surface area contributed by atoms with Crippen molar-refractivity contribution < 1.29 is 9.59 Å². The predicted octanol–water partition coefficient (Wildman–Crippen LogP) is 3.32. The van der Waals surface area contributed by atoms with Crippen LogP contribution in [-0.4, -0.2) is 33.7 Å². The molecule has 2 heterocycles. The molecule has 1 aromatic carbocycles. The van der Waals surface area contributed by atoms with E-state index in [1.165, 1.54) is 0 Å². The minimum absolute atomic E-state index is 0.0609. The molecule has 1 aliphatic heterocycles. The quantitative estimate of drug-likeness (QED) is 0.904. The van der Waals surface area contributed by atoms with Crippen LogP contribution in [0, 0.1) is 5.92 Å². The van der Waals surface area contributed by atoms with Crippen LogP contribution in [0.2, 0.25) is 0 Å². The summed E-state index contributed by atoms with van der Waals surface area (Å²) in [7, 11) is 1.76. The molecule has 2 aromatic rings. The molecule has 142 valence electrons. The van der Waals surface area contributed by atoms with Gasteiger partial charge in [-0.05, 0) is 12.0 Å². The van der Waals surface area contributed by atoms with Crippen LogP contribution in [0.4, 0.5) is 5.69 Å². The Labute approximate surface area is 160 Å². The van der Waals surface area contributed by atoms with Crippen LogP contribution in [0.5, 0.6) is 0 Å². The average Bonchev–Trinajstić information content (AvgIpc) is 2.64. The molecule has 2 atom stereocenters. The standard InChI is InChI=1S/C21H26N4O2/c1-21(2,3)20-22-12-15(13-23-20)24-19(27)16-10-11-17(26)25(4)18(16)14-8-6-5-7-9-14/h5-9,12-13,16,18H,10-11H2,1-4H3,(H,24,27). The van der Waals surface area contributed by atoms with E-state index in [1.807, 2.05) is 51.1 Å². The zero-order chi connectivity index (χ0) is 19.6. The van der Waals surface area contributed by atoms with E-state index in [0.29, 0.717) is 18.5 Å². The Morgan fingerprint density at radius 1 is 1.15 bits per heavy atom. The van der Waals surface area contributed by atoms with Gasteiger partial charge in [-0.1, -0.05) is 51.1 Å². The normalized spacial score (nSPS) is 20.4. The van der Waals surface area contributed by atoms with E-state index in [2.05, 4.69) is 15.3 Å². The summed E-state index contributed by atoms with van der Waals surface area (Å²) >= 11 is 0. The van der Waals surface area contributed by atoms with Crippen LogP contribution in [0.1, 0.15) is 51.0 Å². The number of piperidine rings is 1. The molecule has 1 aliphatic rings. The number of amides is 2. The number of rotatable bonds is 3. The second-order valence-corrected chi connectivity index (χ2v) is 8.04. The van der Waals surface area contributed by atoms with Gasteiger partial charge in [0, 0.05) is 18.9 Å². The van der Waals surface area contributed by atoms with E-state index < -0.39 is 0 Å². The number of anilines is 1. The predicted molar refractivity (Wildman–Crippen MR) is 104 cm³/mol. The van der Waals surface area contributed by atoms with Crippen molar-refractivity contribution in [3.8, 4) is 0 Å². The maximum absolute atomic E-state index is 13.0. The number of aromatic nitrogens is 2. The second-order valence-electron chi connectivity index (χ2n) is 8.04. The molecule has 0 saturated carbocycles. The molecule has 1 aromatic heterocycles. The highest BCUT2D eigenvalue weighted by atomic mass is 16.2. The lowest BCUT2D eigenvalue weighted by atomic mass is 9.84. The number of carbonyl (C=O) groups is 2. The molecule has 1 fully saturated rings. The van der Waals surface area contributed by atoms with Crippen LogP contribution < -0.4 is 5.32 Å². The summed E-state index contributed by atoms with van der Waals surface area (Å²) in [4.78, 5) is 35.6. The first-order valence-corrected chi connectivity index (χ1v) is 9.21. The van der Waals surface area contributed by atoms with Crippen molar-refractivity contribution >= 4 is 17.5 Å². The number of hydrogen-bond donors (Lipinski definition) is 1. The van der Waals surface area contributed by atoms with Gasteiger partial charge in [0.05, 0.1) is 30.0 Å². The van der Waals surface area contributed by atoms with E-state index >= 15 is 0 Å². The van der Waals surface area contributed by atoms with Gasteiger partial charge < -0.3 is 10.2 Å². The number of carbonyl (C=O) groups excluding carboxylic acids is 2. The fraction of sp³-hybridized carbons (Fsp3) is 0.429. The van der Waals surface area contributed by atoms with Crippen LogP contribution in [-0.2, 0) is 15.0 Å². The van der Waals surface area contributed by atoms with Gasteiger partial charge in [0.25, 0.3) is 0 Å². The molecule has 0 spiro atoms. The molecule has 3 rings (SSSR count). The fourth-order valence-corrected chi connectivity index (χ4v) is 3.43. The number of nitrogens with one attached hydrogen (secondary N) is 1. The summed E-state index contributed by atoms with van der Waals surface area (Å²) < 4.78 is 0. The van der Waals surface area contributed by atoms with Crippen molar-refractivity contribution in [3.05, 3.63) is 54.1 Å². The zero-order valence-corrected chi connectivity index (χ0v) is 16.3. The lowest BCUT2D eigenvalue weighted by Gasteiger charge is -2.38. The third kappa shape index (κ3) is 4.15. The van der Waals surface area contributed by atoms with Crippen LogP contribution >= 0.6 is 0 Å². The van der Waals surface area contributed by atoms with Crippen molar-refractivity contribution in [1.29, 1.82) is 0 Å². The van der Waals surface area contributed by atoms with E-state index in [-0.39, 0.29) is 29.2 Å². The van der Waals surface area contributed by atoms with E-state index in [4.69, 9.17) is 0 Å². The number of benzene rings is 1. The number of hydrogen-bond acceptors (Lipinski definition) is 4. The maximum atomic E-state index is 13.0. The smallest absolute Gasteiger partial charge is 0.230 e. The SMILES string of the molecule is CN1C(=O)CCC(C(=O)Nc2cnc(C(C)(C)C)nc2)C1c1ccccc1. The van der Waals surface area contributed by atoms with Crippen molar-refractivity contribution in [1.82, 2.24) is 14.9 Å². The lowest BCUT2D eigenvalue weighted by Crippen LogP contribution is -2.44. The largest absolute Gasteiger partial charge is 0.338 e. The van der Waals surface area contributed by atoms with Crippen molar-refractivity contribution in [2.75, 3.05) is 12.4 Å². The first-order valence-electron chi connectivity index (χ1n) is 9.21. The van der Waals surface area contributed by atoms with Crippen molar-refractivity contribution in [3.63, 3.8) is 0 Å². The molecule has 6 heteroatoms. The van der Waals surface area contributed by atoms with Gasteiger partial charge in [-0.25, -0.2) is 9.97 Å². The Bertz CT molecular complexity index is 812. The number of likely N-dealkylation sites (tertiary alicyclic amines) is 1. The fourth-order valence-electron chi connectivity index (χ4n) is 3.43. The molecule has 2 unspecified atom stereocenters. The Morgan fingerprint density at radius 2 is 1.78 bits per heavy atom. The van der Waals surface area contributed by atoms with Crippen molar-refractivity contribution in [2.24, 2.45) is 5.92 Å². The molecular formula is C21H26N4O2. The van der Waals surface area contributed by atoms with Gasteiger partial charge in [-0.3, -0.25) is 9.59 Å². The van der Waals surface area contributed by atoms with Gasteiger partial charge in [-0.15, -0.1) is 0 Å². The van der Waals surface area contributed by atoms with Crippen LogP contribution in [0.25, 0.3) is 0 Å². The van der Waals surface area contributed by atoms with Crippen LogP contribution in [0.15, 0.2) is 42.7 Å². The first kappa shape index (κ1) is 19.0. The molecule has 6 nitrogen and oxygen atoms in total. The van der Waals surface area contributed by atoms with Gasteiger partial charge in [-0.2, -0.15) is 0 Å². The summed E-state index contributed by atoms with van der Waals surface area (Å²) in [6, 6.07) is 9.43. The molecular weight excluding hydrogens is 340 g/mol. The molecule has 0 radical (unpaired) electrons. The minimum atomic E-state index is -0.322. The summed E-state index contributed by atoms with van der Waals surface area (Å²) in [6.45, 7) is 6.12. The first-order chi connectivity index (χ1) is 12.8. The highest BCUT2D eigenvalue weighted by Crippen LogP contribution is 2.36. The topological polar surface area (TPSA) is 75.2 Å². The lowest BCUT2D eigenvalue weighted by molar-refractivity contribution is -0.140. The highest BCUT2D eigenvalue weighted by Gasteiger charge is 2.38. The molecule has 1 saturated heterocycles. The average molecular weight is 366 g/mol. The molecule has 27 heavy (non-hydrogen) atoms. The Balaban J connectivity index is 1.80. The van der Waals surface area contributed by atoms with E-state index in [1.54, 1.807) is 24.3 Å². The third-order valence-electron chi connectivity index (χ3n) is 4.93. The minimum Gasteiger partial charge on any atom is -0.338 e. The third-order valence-corrected chi connectivity index (χ3v) is 4.93. The second kappa shape index (κ2) is 7.47. The van der Waals surface area contributed by atoms with Gasteiger partial charge in [0.2, 0.25) is 11.8 Å². The maximum Gasteiger partial charge on any atom is 0.230 e. The summed E-state index contributed by atoms with van der Waals surface area (Å²) in [5.41, 5.74) is 1.39. The van der Waals surface area contributed by atoms with E-state index in [0.717, 1.165) is 11.4 Å². The Morgan fingerprint density at radius 3 is 2.37 bits per heavy atom. The Kier molecular flexibility index (Phi) is 5.26. The Hall–Kier alpha value is -2.76. The number of nitrogens with zero attached hydrogens (tertiary/aromatic N) is 3. The summed E-state index contributed by atoms with van der Waals surface area (Å²) in [5, 5.41) is 2.92. The van der Waals surface area contributed by atoms with Gasteiger partial charge in [0.15, 0.2) is 0 Å². The van der Waals surface area contributed by atoms with Crippen LogP contribution in [0.3, 0.4) is 0 Å². The van der Waals surface area contributed by atoms with Crippen molar-refractivity contribution in [2.45, 2.75) is 45.1 Å². The molecule has 0 aliphatic carbocycles. The summed E-state index contributed by atoms with van der Waals surface area (Å²) in [6.07, 6.45) is 4.17. The molecule has 1 N–H and O–H groups in total. The highest BCUT2D eigenvalue weighted by molar-refractivity contribution is 5.94. The van der Waals surface area contributed by atoms with Gasteiger partial charge in [0.1, 0.15) is 5.82 Å². The molecule has 2 amide bonds.